The summed E-state index contributed by atoms with van der Waals surface area (Å²) in [4.78, 5) is 34.8. The van der Waals surface area contributed by atoms with Gasteiger partial charge in [0.1, 0.15) is 6.04 Å². The van der Waals surface area contributed by atoms with Gasteiger partial charge >= 0.3 is 0 Å². The first kappa shape index (κ1) is 29.5. The van der Waals surface area contributed by atoms with Crippen LogP contribution in [0.25, 0.3) is 16.8 Å². The van der Waals surface area contributed by atoms with Crippen LogP contribution >= 0.6 is 11.3 Å². The summed E-state index contributed by atoms with van der Waals surface area (Å²) in [6.07, 6.45) is 8.46. The summed E-state index contributed by atoms with van der Waals surface area (Å²) in [7, 11) is 3.22. The molecule has 2 heterocycles. The fraction of sp³-hybridized carbons (Fsp3) is 0.310. The van der Waals surface area contributed by atoms with Gasteiger partial charge in [0, 0.05) is 48.9 Å². The molecule has 0 radical (unpaired) electrons. The molecule has 3 N–H and O–H groups in total. The second kappa shape index (κ2) is 14.2. The number of aliphatic imine (C=N–C) groups is 1. The number of allylic oxidation sites excluding steroid dienone is 4. The summed E-state index contributed by atoms with van der Waals surface area (Å²) < 4.78 is 6.81. The number of ether oxygens (including phenoxy) is 1. The largest absolute Gasteiger partial charge is 0.382 e. The molecule has 0 spiro atoms. The minimum absolute atomic E-state index is 0.0205. The lowest BCUT2D eigenvalue weighted by Crippen LogP contribution is -2.46. The Morgan fingerprint density at radius 1 is 1.21 bits per heavy atom. The standard InChI is InChI=1S/C29H36N6O3S/c1-7-9-20(3)31-21(4)14-19(2)22-10-8-11-23(15-22)26-18-39-29(33-26)34-28(37)25(17-38-6)32-27(36)24-12-13-35(16-24)30-5/h8-16,18,25,30H,7,17H2,1-6H3,(H,32,36)(H,33,34,37)/b19-14+,20-9+,31-21-. The van der Waals surface area contributed by atoms with Crippen molar-refractivity contribution in [3.05, 3.63) is 77.1 Å². The van der Waals surface area contributed by atoms with Crippen LogP contribution in [0.4, 0.5) is 5.13 Å². The quantitative estimate of drug-likeness (QED) is 0.265. The van der Waals surface area contributed by atoms with Crippen molar-refractivity contribution in [2.75, 3.05) is 31.5 Å². The highest BCUT2D eigenvalue weighted by Crippen LogP contribution is 2.27. The number of methoxy groups -OCH3 is 1. The van der Waals surface area contributed by atoms with Gasteiger partial charge in [-0.3, -0.25) is 19.3 Å². The van der Waals surface area contributed by atoms with E-state index in [0.717, 1.165) is 40.2 Å². The van der Waals surface area contributed by atoms with Crippen LogP contribution in [0.15, 0.2) is 70.9 Å². The molecule has 0 fully saturated rings. The first-order chi connectivity index (χ1) is 18.7. The molecule has 0 saturated carbocycles. The van der Waals surface area contributed by atoms with E-state index in [2.05, 4.69) is 64.2 Å². The molecule has 206 valence electrons. The molecule has 0 bridgehead atoms. The molecule has 0 aliphatic heterocycles. The maximum Gasteiger partial charge on any atom is 0.253 e. The molecule has 0 saturated heterocycles. The third-order valence-corrected chi connectivity index (χ3v) is 6.55. The number of carbonyl (C=O) groups is 2. The van der Waals surface area contributed by atoms with E-state index in [1.54, 1.807) is 30.2 Å². The Labute approximate surface area is 233 Å². The predicted molar refractivity (Wildman–Crippen MR) is 160 cm³/mol. The van der Waals surface area contributed by atoms with Crippen LogP contribution in [-0.2, 0) is 9.53 Å². The number of hydrogen-bond donors (Lipinski definition) is 3. The second-order valence-electron chi connectivity index (χ2n) is 8.95. The Kier molecular flexibility index (Phi) is 10.8. The summed E-state index contributed by atoms with van der Waals surface area (Å²) in [5.74, 6) is -0.785. The van der Waals surface area contributed by atoms with Gasteiger partial charge in [-0.1, -0.05) is 31.2 Å². The molecule has 3 rings (SSSR count). The van der Waals surface area contributed by atoms with E-state index in [1.165, 1.54) is 18.4 Å². The van der Waals surface area contributed by atoms with E-state index < -0.39 is 11.9 Å². The van der Waals surface area contributed by atoms with Gasteiger partial charge in [0.2, 0.25) is 0 Å². The highest BCUT2D eigenvalue weighted by atomic mass is 32.1. The Hall–Kier alpha value is -4.02. The van der Waals surface area contributed by atoms with E-state index in [9.17, 15) is 9.59 Å². The van der Waals surface area contributed by atoms with Crippen molar-refractivity contribution in [2.24, 2.45) is 4.99 Å². The molecule has 10 heteroatoms. The number of hydrogen-bond acceptors (Lipinski definition) is 7. The molecule has 1 aromatic carbocycles. The number of rotatable bonds is 12. The maximum absolute atomic E-state index is 13.0. The molecule has 0 aliphatic rings. The monoisotopic (exact) mass is 548 g/mol. The van der Waals surface area contributed by atoms with Gasteiger partial charge in [-0.15, -0.1) is 11.3 Å². The topological polar surface area (TPSA) is 110 Å². The van der Waals surface area contributed by atoms with E-state index in [1.807, 2.05) is 31.4 Å². The van der Waals surface area contributed by atoms with E-state index in [-0.39, 0.29) is 12.5 Å². The van der Waals surface area contributed by atoms with Gasteiger partial charge in [-0.25, -0.2) is 4.98 Å². The van der Waals surface area contributed by atoms with Crippen LogP contribution in [0.1, 0.15) is 50.0 Å². The van der Waals surface area contributed by atoms with Gasteiger partial charge in [0.05, 0.1) is 17.9 Å². The zero-order valence-electron chi connectivity index (χ0n) is 23.2. The van der Waals surface area contributed by atoms with Crippen molar-refractivity contribution in [1.82, 2.24) is 15.0 Å². The number of amides is 2. The highest BCUT2D eigenvalue weighted by Gasteiger charge is 2.23. The molecule has 1 atom stereocenters. The lowest BCUT2D eigenvalue weighted by atomic mass is 10.0. The minimum atomic E-state index is -0.885. The zero-order chi connectivity index (χ0) is 28.4. The number of carbonyl (C=O) groups excluding carboxylic acids is 2. The van der Waals surface area contributed by atoms with Crippen molar-refractivity contribution < 1.29 is 14.3 Å². The Morgan fingerprint density at radius 3 is 2.69 bits per heavy atom. The molecule has 1 unspecified atom stereocenters. The molecule has 39 heavy (non-hydrogen) atoms. The zero-order valence-corrected chi connectivity index (χ0v) is 24.1. The van der Waals surface area contributed by atoms with Crippen molar-refractivity contribution in [2.45, 2.75) is 40.2 Å². The SMILES string of the molecule is CC/C=C(C)/N=C(C)\C=C(/C)c1cccc(-c2csc(NC(=O)C(COC)NC(=O)c3ccn(NC)c3)n2)c1. The first-order valence-corrected chi connectivity index (χ1v) is 13.5. The Balaban J connectivity index is 1.71. The lowest BCUT2D eigenvalue weighted by Gasteiger charge is -2.16. The van der Waals surface area contributed by atoms with Gasteiger partial charge < -0.3 is 20.8 Å². The highest BCUT2D eigenvalue weighted by molar-refractivity contribution is 7.14. The van der Waals surface area contributed by atoms with Crippen LogP contribution < -0.4 is 16.1 Å². The van der Waals surface area contributed by atoms with Crippen LogP contribution in [-0.4, -0.2) is 54.0 Å². The molecule has 2 amide bonds. The summed E-state index contributed by atoms with van der Waals surface area (Å²) in [6, 6.07) is 8.86. The summed E-state index contributed by atoms with van der Waals surface area (Å²) in [6.45, 7) is 8.17. The van der Waals surface area contributed by atoms with Crippen LogP contribution in [0, 0.1) is 0 Å². The lowest BCUT2D eigenvalue weighted by molar-refractivity contribution is -0.119. The molecule has 3 aromatic rings. The van der Waals surface area contributed by atoms with Crippen molar-refractivity contribution in [3.8, 4) is 11.3 Å². The number of aromatic nitrogens is 2. The normalized spacial score (nSPS) is 13.2. The maximum atomic E-state index is 13.0. The van der Waals surface area contributed by atoms with Crippen molar-refractivity contribution in [3.63, 3.8) is 0 Å². The fourth-order valence-corrected chi connectivity index (χ4v) is 4.61. The molecular formula is C29H36N6O3S. The van der Waals surface area contributed by atoms with Crippen LogP contribution in [0.3, 0.4) is 0 Å². The molecular weight excluding hydrogens is 512 g/mol. The third kappa shape index (κ3) is 8.49. The van der Waals surface area contributed by atoms with Crippen LogP contribution in [0.5, 0.6) is 0 Å². The summed E-state index contributed by atoms with van der Waals surface area (Å²) in [5.41, 5.74) is 9.10. The molecule has 9 nitrogen and oxygen atoms in total. The van der Waals surface area contributed by atoms with Gasteiger partial charge in [0.15, 0.2) is 5.13 Å². The number of thiazole rings is 1. The number of nitrogens with one attached hydrogen (secondary N) is 3. The summed E-state index contributed by atoms with van der Waals surface area (Å²) in [5, 5.41) is 7.86. The predicted octanol–water partition coefficient (Wildman–Crippen LogP) is 5.35. The fourth-order valence-electron chi connectivity index (χ4n) is 3.89. The van der Waals surface area contributed by atoms with Gasteiger partial charge in [0.25, 0.3) is 11.8 Å². The average molecular weight is 549 g/mol. The minimum Gasteiger partial charge on any atom is -0.382 e. The number of nitrogens with zero attached hydrogens (tertiary/aromatic N) is 3. The first-order valence-electron chi connectivity index (χ1n) is 12.7. The second-order valence-corrected chi connectivity index (χ2v) is 9.81. The Morgan fingerprint density at radius 2 is 2.00 bits per heavy atom. The number of benzene rings is 1. The molecule has 2 aromatic heterocycles. The van der Waals surface area contributed by atoms with E-state index in [4.69, 9.17) is 4.74 Å². The van der Waals surface area contributed by atoms with Gasteiger partial charge in [-0.05, 0) is 56.5 Å². The smallest absolute Gasteiger partial charge is 0.253 e. The van der Waals surface area contributed by atoms with E-state index >= 15 is 0 Å². The van der Waals surface area contributed by atoms with Crippen molar-refractivity contribution >= 4 is 39.6 Å². The Bertz CT molecular complexity index is 1380. The van der Waals surface area contributed by atoms with Crippen LogP contribution in [0.2, 0.25) is 0 Å². The van der Waals surface area contributed by atoms with Gasteiger partial charge in [-0.2, -0.15) is 0 Å². The van der Waals surface area contributed by atoms with Crippen molar-refractivity contribution in [1.29, 1.82) is 0 Å². The van der Waals surface area contributed by atoms with E-state index in [0.29, 0.717) is 10.7 Å². The average Bonchev–Trinajstić information content (AvgIpc) is 3.58. The third-order valence-electron chi connectivity index (χ3n) is 5.79. The number of anilines is 1. The summed E-state index contributed by atoms with van der Waals surface area (Å²) >= 11 is 1.32. The molecule has 0 aliphatic carbocycles.